The van der Waals surface area contributed by atoms with Crippen molar-refractivity contribution in [1.82, 2.24) is 0 Å². The van der Waals surface area contributed by atoms with Crippen LogP contribution in [0.1, 0.15) is 83.2 Å². The number of aryl methyl sites for hydroxylation is 3. The van der Waals surface area contributed by atoms with Crippen molar-refractivity contribution in [3.63, 3.8) is 0 Å². The molecule has 0 saturated heterocycles. The standard InChI is InChI=1S/C27H34O5/c1-15(2)31-25-19(6)23(26(30)32-27(7,8)9)16(3)12-20(25)10-11-22(28)21-13-17(4)24(29)18(5)14-21/h10-15,29H,1-9H3. The van der Waals surface area contributed by atoms with E-state index >= 15 is 0 Å². The predicted molar refractivity (Wildman–Crippen MR) is 128 cm³/mol. The van der Waals surface area contributed by atoms with Crippen LogP contribution in [0.3, 0.4) is 0 Å². The first kappa shape index (κ1) is 25.2. The molecule has 0 saturated carbocycles. The van der Waals surface area contributed by atoms with Crippen molar-refractivity contribution in [3.05, 3.63) is 63.2 Å². The lowest BCUT2D eigenvalue weighted by Gasteiger charge is -2.23. The number of carbonyl (C=O) groups excluding carboxylic acids is 2. The quantitative estimate of drug-likeness (QED) is 0.327. The van der Waals surface area contributed by atoms with Crippen LogP contribution in [0.5, 0.6) is 11.5 Å². The molecule has 0 aliphatic carbocycles. The molecule has 0 heterocycles. The summed E-state index contributed by atoms with van der Waals surface area (Å²) in [5.41, 5.74) is 3.80. The summed E-state index contributed by atoms with van der Waals surface area (Å²) in [6.07, 6.45) is 3.07. The van der Waals surface area contributed by atoms with E-state index in [0.29, 0.717) is 39.1 Å². The molecule has 0 aliphatic heterocycles. The predicted octanol–water partition coefficient (Wildman–Crippen LogP) is 6.26. The molecule has 0 aromatic heterocycles. The lowest BCUT2D eigenvalue weighted by molar-refractivity contribution is 0.00671. The van der Waals surface area contributed by atoms with Gasteiger partial charge in [0.15, 0.2) is 5.78 Å². The molecule has 2 aromatic rings. The number of aromatic hydroxyl groups is 1. The molecule has 2 rings (SSSR count). The number of allylic oxidation sites excluding steroid dienone is 1. The van der Waals surface area contributed by atoms with Gasteiger partial charge in [0.25, 0.3) is 0 Å². The zero-order chi connectivity index (χ0) is 24.4. The Morgan fingerprint density at radius 3 is 2.03 bits per heavy atom. The molecule has 0 radical (unpaired) electrons. The van der Waals surface area contributed by atoms with Gasteiger partial charge in [-0.25, -0.2) is 4.79 Å². The SMILES string of the molecule is Cc1cc(C(=O)C=Cc2cc(C)c(C(=O)OC(C)(C)C)c(C)c2OC(C)C)cc(C)c1O. The molecule has 0 unspecified atom stereocenters. The fraction of sp³-hybridized carbons (Fsp3) is 0.407. The van der Waals surface area contributed by atoms with Gasteiger partial charge in [-0.05, 0) is 109 Å². The molecule has 0 bridgehead atoms. The molecular weight excluding hydrogens is 404 g/mol. The van der Waals surface area contributed by atoms with Crippen LogP contribution in [-0.2, 0) is 4.74 Å². The van der Waals surface area contributed by atoms with Crippen molar-refractivity contribution in [1.29, 1.82) is 0 Å². The Morgan fingerprint density at radius 2 is 1.53 bits per heavy atom. The van der Waals surface area contributed by atoms with Gasteiger partial charge in [0.2, 0.25) is 0 Å². The molecule has 172 valence electrons. The van der Waals surface area contributed by atoms with Crippen LogP contribution in [0, 0.1) is 27.7 Å². The monoisotopic (exact) mass is 438 g/mol. The van der Waals surface area contributed by atoms with Gasteiger partial charge < -0.3 is 14.6 Å². The summed E-state index contributed by atoms with van der Waals surface area (Å²) in [6.45, 7) is 16.5. The van der Waals surface area contributed by atoms with Crippen LogP contribution in [0.15, 0.2) is 24.3 Å². The molecule has 0 spiro atoms. The van der Waals surface area contributed by atoms with Crippen molar-refractivity contribution < 1.29 is 24.2 Å². The number of phenols is 1. The highest BCUT2D eigenvalue weighted by molar-refractivity contribution is 6.07. The summed E-state index contributed by atoms with van der Waals surface area (Å²) in [5, 5.41) is 9.96. The van der Waals surface area contributed by atoms with Crippen LogP contribution in [-0.4, -0.2) is 28.6 Å². The summed E-state index contributed by atoms with van der Waals surface area (Å²) >= 11 is 0. The van der Waals surface area contributed by atoms with Gasteiger partial charge in [-0.15, -0.1) is 0 Å². The third-order valence-electron chi connectivity index (χ3n) is 4.89. The minimum Gasteiger partial charge on any atom is -0.507 e. The van der Waals surface area contributed by atoms with E-state index < -0.39 is 11.6 Å². The van der Waals surface area contributed by atoms with Crippen LogP contribution < -0.4 is 4.74 Å². The summed E-state index contributed by atoms with van der Waals surface area (Å²) in [7, 11) is 0. The van der Waals surface area contributed by atoms with Gasteiger partial charge in [0, 0.05) is 16.7 Å². The van der Waals surface area contributed by atoms with Gasteiger partial charge in [0.05, 0.1) is 11.7 Å². The molecule has 5 heteroatoms. The molecule has 0 amide bonds. The summed E-state index contributed by atoms with van der Waals surface area (Å²) < 4.78 is 11.6. The second kappa shape index (κ2) is 9.60. The summed E-state index contributed by atoms with van der Waals surface area (Å²) in [5.74, 6) is 0.164. The van der Waals surface area contributed by atoms with E-state index in [2.05, 4.69) is 0 Å². The first-order chi connectivity index (χ1) is 14.7. The topological polar surface area (TPSA) is 72.8 Å². The number of benzene rings is 2. The Bertz CT molecular complexity index is 1050. The molecule has 32 heavy (non-hydrogen) atoms. The number of carbonyl (C=O) groups is 2. The molecule has 0 aliphatic rings. The van der Waals surface area contributed by atoms with E-state index in [1.54, 1.807) is 32.1 Å². The minimum atomic E-state index is -0.611. The Hall–Kier alpha value is -3.08. The fourth-order valence-corrected chi connectivity index (χ4v) is 3.52. The first-order valence-electron chi connectivity index (χ1n) is 10.8. The van der Waals surface area contributed by atoms with Crippen molar-refractivity contribution >= 4 is 17.8 Å². The van der Waals surface area contributed by atoms with Crippen LogP contribution in [0.2, 0.25) is 0 Å². The number of rotatable bonds is 6. The Labute approximate surface area is 191 Å². The number of hydrogen-bond donors (Lipinski definition) is 1. The average molecular weight is 439 g/mol. The second-order valence-electron chi connectivity index (χ2n) is 9.44. The van der Waals surface area contributed by atoms with E-state index in [1.807, 2.05) is 54.5 Å². The largest absolute Gasteiger partial charge is 0.507 e. The minimum absolute atomic E-state index is 0.117. The van der Waals surface area contributed by atoms with E-state index in [-0.39, 0.29) is 17.6 Å². The highest BCUT2D eigenvalue weighted by Gasteiger charge is 2.24. The maximum atomic E-state index is 12.8. The molecule has 5 nitrogen and oxygen atoms in total. The summed E-state index contributed by atoms with van der Waals surface area (Å²) in [6, 6.07) is 5.17. The number of ketones is 1. The lowest BCUT2D eigenvalue weighted by atomic mass is 9.96. The van der Waals surface area contributed by atoms with Gasteiger partial charge in [-0.1, -0.05) is 0 Å². The molecule has 2 aromatic carbocycles. The van der Waals surface area contributed by atoms with Crippen molar-refractivity contribution in [2.45, 2.75) is 74.0 Å². The van der Waals surface area contributed by atoms with Crippen LogP contribution in [0.4, 0.5) is 0 Å². The summed E-state index contributed by atoms with van der Waals surface area (Å²) in [4.78, 5) is 25.6. The van der Waals surface area contributed by atoms with Gasteiger partial charge in [0.1, 0.15) is 17.1 Å². The van der Waals surface area contributed by atoms with Crippen molar-refractivity contribution in [3.8, 4) is 11.5 Å². The number of esters is 1. The van der Waals surface area contributed by atoms with Crippen LogP contribution >= 0.6 is 0 Å². The third-order valence-corrected chi connectivity index (χ3v) is 4.89. The van der Waals surface area contributed by atoms with Gasteiger partial charge in [-0.2, -0.15) is 0 Å². The van der Waals surface area contributed by atoms with Gasteiger partial charge in [-0.3, -0.25) is 4.79 Å². The Balaban J connectivity index is 2.51. The zero-order valence-electron chi connectivity index (χ0n) is 20.5. The zero-order valence-corrected chi connectivity index (χ0v) is 20.5. The highest BCUT2D eigenvalue weighted by Crippen LogP contribution is 2.33. The van der Waals surface area contributed by atoms with Gasteiger partial charge >= 0.3 is 5.97 Å². The Morgan fingerprint density at radius 1 is 0.969 bits per heavy atom. The fourth-order valence-electron chi connectivity index (χ4n) is 3.52. The third kappa shape index (κ3) is 6.00. The van der Waals surface area contributed by atoms with E-state index in [9.17, 15) is 14.7 Å². The maximum Gasteiger partial charge on any atom is 0.339 e. The Kier molecular flexibility index (Phi) is 7.55. The molecular formula is C27H34O5. The average Bonchev–Trinajstić information content (AvgIpc) is 2.64. The van der Waals surface area contributed by atoms with E-state index in [4.69, 9.17) is 9.47 Å². The van der Waals surface area contributed by atoms with E-state index in [1.165, 1.54) is 6.08 Å². The maximum absolute atomic E-state index is 12.8. The van der Waals surface area contributed by atoms with Crippen molar-refractivity contribution in [2.24, 2.45) is 0 Å². The number of phenolic OH excluding ortho intramolecular Hbond substituents is 1. The molecule has 0 atom stereocenters. The lowest BCUT2D eigenvalue weighted by Crippen LogP contribution is -2.25. The van der Waals surface area contributed by atoms with Crippen LogP contribution in [0.25, 0.3) is 6.08 Å². The highest BCUT2D eigenvalue weighted by atomic mass is 16.6. The first-order valence-corrected chi connectivity index (χ1v) is 10.8. The van der Waals surface area contributed by atoms with Crippen molar-refractivity contribution in [2.75, 3.05) is 0 Å². The smallest absolute Gasteiger partial charge is 0.339 e. The normalized spacial score (nSPS) is 11.8. The number of hydrogen-bond acceptors (Lipinski definition) is 5. The van der Waals surface area contributed by atoms with E-state index in [0.717, 1.165) is 5.56 Å². The second-order valence-corrected chi connectivity index (χ2v) is 9.44. The number of ether oxygens (including phenoxy) is 2. The molecule has 1 N–H and O–H groups in total. The molecule has 0 fully saturated rings.